The predicted molar refractivity (Wildman–Crippen MR) is 89.7 cm³/mol. The Morgan fingerprint density at radius 1 is 0.960 bits per heavy atom. The molecule has 1 aliphatic heterocycles. The SMILES string of the molecule is CCCCC1=C(C)[N+](C)(C)c2ccc3ccccc3c21.[O-][Cl+3]([O-])([O-])[O-]. The summed E-state index contributed by atoms with van der Waals surface area (Å²) in [6.07, 6.45) is 3.73. The first kappa shape index (κ1) is 19.8. The number of hydrogen-bond acceptors (Lipinski definition) is 4. The van der Waals surface area contributed by atoms with Crippen molar-refractivity contribution in [1.82, 2.24) is 4.48 Å². The van der Waals surface area contributed by atoms with Crippen molar-refractivity contribution in [2.45, 2.75) is 33.1 Å². The summed E-state index contributed by atoms with van der Waals surface area (Å²) < 4.78 is 34.9. The van der Waals surface area contributed by atoms with Crippen molar-refractivity contribution < 1.29 is 28.9 Å². The van der Waals surface area contributed by atoms with E-state index in [9.17, 15) is 0 Å². The number of halogens is 1. The minimum Gasteiger partial charge on any atom is -0.267 e. The number of benzene rings is 2. The van der Waals surface area contributed by atoms with E-state index in [1.165, 1.54) is 47.0 Å². The summed E-state index contributed by atoms with van der Waals surface area (Å²) in [6, 6.07) is 13.4. The second kappa shape index (κ2) is 7.41. The maximum atomic E-state index is 8.49. The number of rotatable bonds is 3. The van der Waals surface area contributed by atoms with Crippen LogP contribution in [0.25, 0.3) is 16.3 Å². The number of hydrogen-bond donors (Lipinski definition) is 0. The Labute approximate surface area is 150 Å². The van der Waals surface area contributed by atoms with Crippen molar-refractivity contribution in [3.8, 4) is 0 Å². The van der Waals surface area contributed by atoms with Gasteiger partial charge in [0.15, 0.2) is 0 Å². The summed E-state index contributed by atoms with van der Waals surface area (Å²) in [4.78, 5) is 0. The van der Waals surface area contributed by atoms with Crippen LogP contribution < -0.4 is 23.1 Å². The summed E-state index contributed by atoms with van der Waals surface area (Å²) in [5, 5.41) is 2.77. The van der Waals surface area contributed by atoms with Gasteiger partial charge in [0, 0.05) is 18.6 Å². The minimum absolute atomic E-state index is 0.902. The summed E-state index contributed by atoms with van der Waals surface area (Å²) in [5.41, 5.74) is 6.03. The molecule has 0 bridgehead atoms. The van der Waals surface area contributed by atoms with Gasteiger partial charge in [0.25, 0.3) is 0 Å². The molecule has 0 radical (unpaired) electrons. The van der Waals surface area contributed by atoms with Crippen LogP contribution in [0.2, 0.25) is 0 Å². The van der Waals surface area contributed by atoms with E-state index in [1.54, 1.807) is 5.57 Å². The number of fused-ring (bicyclic) bond motifs is 3. The highest BCUT2D eigenvalue weighted by Crippen LogP contribution is 2.47. The van der Waals surface area contributed by atoms with Crippen LogP contribution in [0.4, 0.5) is 5.69 Å². The van der Waals surface area contributed by atoms with E-state index in [1.807, 2.05) is 0 Å². The molecule has 2 aromatic carbocycles. The molecule has 0 unspecified atom stereocenters. The number of unbranched alkanes of at least 4 members (excludes halogenated alkanes) is 1. The van der Waals surface area contributed by atoms with Crippen LogP contribution in [-0.4, -0.2) is 14.1 Å². The maximum Gasteiger partial charge on any atom is 0.145 e. The molecule has 5 nitrogen and oxygen atoms in total. The molecule has 0 amide bonds. The Balaban J connectivity index is 0.000000399. The van der Waals surface area contributed by atoms with Crippen LogP contribution in [0.1, 0.15) is 38.7 Å². The van der Waals surface area contributed by atoms with Gasteiger partial charge in [-0.05, 0) is 29.7 Å². The molecule has 0 N–H and O–H groups in total. The van der Waals surface area contributed by atoms with E-state index in [4.69, 9.17) is 18.6 Å². The summed E-state index contributed by atoms with van der Waals surface area (Å²) in [6.45, 7) is 4.58. The molecule has 136 valence electrons. The monoisotopic (exact) mass is 365 g/mol. The second-order valence-electron chi connectivity index (χ2n) is 6.68. The van der Waals surface area contributed by atoms with Crippen molar-refractivity contribution in [2.75, 3.05) is 14.1 Å². The van der Waals surface area contributed by atoms with Crippen molar-refractivity contribution in [3.05, 3.63) is 47.7 Å². The Bertz CT molecular complexity index is 788. The van der Waals surface area contributed by atoms with Gasteiger partial charge in [-0.3, -0.25) is 4.48 Å². The predicted octanol–water partition coefficient (Wildman–Crippen LogP) is 0.586. The highest BCUT2D eigenvalue weighted by molar-refractivity contribution is 6.02. The lowest BCUT2D eigenvalue weighted by Crippen LogP contribution is -2.68. The largest absolute Gasteiger partial charge is 0.267 e. The zero-order valence-electron chi connectivity index (χ0n) is 15.0. The third-order valence-electron chi connectivity index (χ3n) is 4.87. The van der Waals surface area contributed by atoms with Gasteiger partial charge in [-0.15, -0.1) is 10.2 Å². The van der Waals surface area contributed by atoms with Gasteiger partial charge in [0.2, 0.25) is 0 Å². The average Bonchev–Trinajstić information content (AvgIpc) is 2.71. The van der Waals surface area contributed by atoms with Crippen LogP contribution >= 0.6 is 0 Å². The van der Waals surface area contributed by atoms with Crippen LogP contribution in [0, 0.1) is 10.2 Å². The molecule has 0 fully saturated rings. The van der Waals surface area contributed by atoms with Crippen LogP contribution in [-0.2, 0) is 0 Å². The Morgan fingerprint density at radius 3 is 2.16 bits per heavy atom. The minimum atomic E-state index is -4.94. The van der Waals surface area contributed by atoms with Gasteiger partial charge in [-0.2, -0.15) is 0 Å². The fourth-order valence-electron chi connectivity index (χ4n) is 3.40. The third-order valence-corrected chi connectivity index (χ3v) is 4.87. The number of allylic oxidation sites excluding steroid dienone is 2. The van der Waals surface area contributed by atoms with Gasteiger partial charge in [0.05, 0.1) is 19.7 Å². The molecule has 0 aromatic heterocycles. The quantitative estimate of drug-likeness (QED) is 0.744. The molecule has 0 atom stereocenters. The number of quaternary nitrogens is 1. The van der Waals surface area contributed by atoms with Crippen LogP contribution in [0.5, 0.6) is 0 Å². The second-order valence-corrected chi connectivity index (χ2v) is 7.44. The lowest BCUT2D eigenvalue weighted by atomic mass is 9.95. The lowest BCUT2D eigenvalue weighted by molar-refractivity contribution is -2.00. The zero-order chi connectivity index (χ0) is 18.8. The molecule has 1 aliphatic rings. The summed E-state index contributed by atoms with van der Waals surface area (Å²) in [7, 11) is -0.330. The van der Waals surface area contributed by atoms with Crippen molar-refractivity contribution in [1.29, 1.82) is 0 Å². The molecule has 2 aromatic rings. The Hall–Kier alpha value is -1.47. The molecule has 6 heteroatoms. The lowest BCUT2D eigenvalue weighted by Gasteiger charge is -2.26. The smallest absolute Gasteiger partial charge is 0.145 e. The fraction of sp³-hybridized carbons (Fsp3) is 0.368. The molecular formula is C19H24ClNO4. The van der Waals surface area contributed by atoms with Crippen LogP contribution in [0.3, 0.4) is 0 Å². The van der Waals surface area contributed by atoms with Gasteiger partial charge >= 0.3 is 0 Å². The molecule has 0 spiro atoms. The summed E-state index contributed by atoms with van der Waals surface area (Å²) >= 11 is 0. The molecule has 25 heavy (non-hydrogen) atoms. The molecule has 3 rings (SSSR count). The third kappa shape index (κ3) is 4.39. The van der Waals surface area contributed by atoms with E-state index < -0.39 is 10.2 Å². The standard InChI is InChI=1S/C19H24N.ClHO4/c1-5-6-10-16-14(2)20(3,4)18-13-12-15-9-7-8-11-17(15)19(16)18;2-1(3,4)5/h7-9,11-13H,5-6,10H2,1-4H3;(H,2,3,4,5)/q+1;/p-1. The van der Waals surface area contributed by atoms with Crippen molar-refractivity contribution in [3.63, 3.8) is 0 Å². The van der Waals surface area contributed by atoms with E-state index in [2.05, 4.69) is 64.3 Å². The first-order valence-corrected chi connectivity index (χ1v) is 9.49. The highest BCUT2D eigenvalue weighted by Gasteiger charge is 2.37. The Morgan fingerprint density at radius 2 is 1.56 bits per heavy atom. The van der Waals surface area contributed by atoms with Crippen molar-refractivity contribution in [2.24, 2.45) is 0 Å². The fourth-order valence-corrected chi connectivity index (χ4v) is 3.40. The van der Waals surface area contributed by atoms with Crippen LogP contribution in [0.15, 0.2) is 42.1 Å². The zero-order valence-corrected chi connectivity index (χ0v) is 15.8. The van der Waals surface area contributed by atoms with E-state index in [0.29, 0.717) is 0 Å². The highest BCUT2D eigenvalue weighted by atomic mass is 35.7. The first-order chi connectivity index (χ1) is 11.6. The molecular weight excluding hydrogens is 342 g/mol. The first-order valence-electron chi connectivity index (χ1n) is 8.26. The van der Waals surface area contributed by atoms with Gasteiger partial charge < -0.3 is 0 Å². The van der Waals surface area contributed by atoms with Crippen molar-refractivity contribution >= 4 is 22.0 Å². The molecule has 0 saturated carbocycles. The Kier molecular flexibility index (Phi) is 5.89. The van der Waals surface area contributed by atoms with E-state index >= 15 is 0 Å². The van der Waals surface area contributed by atoms with E-state index in [-0.39, 0.29) is 0 Å². The van der Waals surface area contributed by atoms with Gasteiger partial charge in [-0.1, -0.05) is 37.6 Å². The number of nitrogens with zero attached hydrogens (tertiary/aromatic N) is 1. The molecule has 0 saturated heterocycles. The van der Waals surface area contributed by atoms with E-state index in [0.717, 1.165) is 4.48 Å². The molecule has 1 heterocycles. The molecule has 0 aliphatic carbocycles. The maximum absolute atomic E-state index is 8.49. The van der Waals surface area contributed by atoms with Gasteiger partial charge in [0.1, 0.15) is 11.4 Å². The summed E-state index contributed by atoms with van der Waals surface area (Å²) in [5.74, 6) is 0. The normalized spacial score (nSPS) is 15.8. The topological polar surface area (TPSA) is 92.2 Å². The average molecular weight is 366 g/mol. The van der Waals surface area contributed by atoms with Gasteiger partial charge in [-0.25, -0.2) is 18.6 Å².